The average molecular weight is 344 g/mol. The smallest absolute Gasteiger partial charge is 0.317 e. The van der Waals surface area contributed by atoms with E-state index in [1.54, 1.807) is 32.9 Å². The molecule has 6 nitrogen and oxygen atoms in total. The first-order valence-corrected chi connectivity index (χ1v) is 8.61. The van der Waals surface area contributed by atoms with Crippen molar-refractivity contribution in [3.63, 3.8) is 0 Å². The zero-order valence-corrected chi connectivity index (χ0v) is 14.9. The largest absolute Gasteiger partial charge is 0.459 e. The number of carbonyl (C=O) groups is 1. The summed E-state index contributed by atoms with van der Waals surface area (Å²) >= 11 is 0. The van der Waals surface area contributed by atoms with Gasteiger partial charge in [-0.25, -0.2) is 0 Å². The summed E-state index contributed by atoms with van der Waals surface area (Å²) in [6, 6.07) is 6.15. The molecule has 7 heteroatoms. The zero-order valence-electron chi connectivity index (χ0n) is 14.1. The summed E-state index contributed by atoms with van der Waals surface area (Å²) in [5, 5.41) is 9.48. The quantitative estimate of drug-likeness (QED) is 0.627. The van der Waals surface area contributed by atoms with E-state index < -0.39 is 40.3 Å². The Hall–Kier alpha value is -1.44. The lowest BCUT2D eigenvalue weighted by Crippen LogP contribution is -2.42. The van der Waals surface area contributed by atoms with Crippen molar-refractivity contribution >= 4 is 16.1 Å². The van der Waals surface area contributed by atoms with Gasteiger partial charge < -0.3 is 9.84 Å². The first-order valence-electron chi connectivity index (χ1n) is 7.20. The third kappa shape index (κ3) is 5.60. The lowest BCUT2D eigenvalue weighted by Gasteiger charge is -2.29. The number of aliphatic hydroxyl groups excluding tert-OH is 1. The van der Waals surface area contributed by atoms with E-state index in [2.05, 4.69) is 0 Å². The molecule has 1 atom stereocenters. The Bertz CT molecular complexity index is 642. The Balaban J connectivity index is 2.87. The van der Waals surface area contributed by atoms with E-state index in [0.29, 0.717) is 0 Å². The van der Waals surface area contributed by atoms with Crippen LogP contribution in [0.15, 0.2) is 29.2 Å². The fourth-order valence-electron chi connectivity index (χ4n) is 1.55. The Morgan fingerprint density at radius 1 is 1.13 bits per heavy atom. The van der Waals surface area contributed by atoms with Crippen molar-refractivity contribution in [1.82, 2.24) is 0 Å². The molecule has 0 radical (unpaired) electrons. The van der Waals surface area contributed by atoms with Crippen LogP contribution in [0.2, 0.25) is 0 Å². The summed E-state index contributed by atoms with van der Waals surface area (Å²) in [5.41, 5.74) is -1.30. The molecular formula is C16H24O6S. The summed E-state index contributed by atoms with van der Waals surface area (Å²) < 4.78 is 34.5. The molecule has 0 spiro atoms. The predicted octanol–water partition coefficient (Wildman–Crippen LogP) is 2.04. The monoisotopic (exact) mass is 344 g/mol. The topological polar surface area (TPSA) is 89.9 Å². The van der Waals surface area contributed by atoms with E-state index in [4.69, 9.17) is 8.92 Å². The molecule has 0 saturated carbocycles. The molecular weight excluding hydrogens is 320 g/mol. The van der Waals surface area contributed by atoms with Crippen LogP contribution in [0.4, 0.5) is 0 Å². The molecule has 1 unspecified atom stereocenters. The molecule has 23 heavy (non-hydrogen) atoms. The van der Waals surface area contributed by atoms with Crippen LogP contribution in [0.1, 0.15) is 33.3 Å². The Morgan fingerprint density at radius 3 is 2.09 bits per heavy atom. The molecule has 130 valence electrons. The maximum Gasteiger partial charge on any atom is 0.317 e. The molecule has 1 rings (SSSR count). The zero-order chi connectivity index (χ0) is 17.9. The van der Waals surface area contributed by atoms with Crippen molar-refractivity contribution < 1.29 is 27.2 Å². The molecule has 0 aliphatic heterocycles. The molecule has 0 aliphatic carbocycles. The van der Waals surface area contributed by atoms with Crippen LogP contribution >= 0.6 is 0 Å². The SMILES string of the molecule is Cc1ccc(S(=O)(=O)OCC(C)(CO)C(=O)OC(C)(C)C)cc1. The summed E-state index contributed by atoms with van der Waals surface area (Å²) in [4.78, 5) is 12.1. The maximum absolute atomic E-state index is 12.2. The number of hydrogen-bond donors (Lipinski definition) is 1. The van der Waals surface area contributed by atoms with Crippen molar-refractivity contribution in [1.29, 1.82) is 0 Å². The molecule has 0 saturated heterocycles. The van der Waals surface area contributed by atoms with E-state index in [1.165, 1.54) is 19.1 Å². The fraction of sp³-hybridized carbons (Fsp3) is 0.562. The number of benzene rings is 1. The van der Waals surface area contributed by atoms with Gasteiger partial charge in [0.1, 0.15) is 11.0 Å². The number of ether oxygens (including phenoxy) is 1. The van der Waals surface area contributed by atoms with Gasteiger partial charge in [-0.1, -0.05) is 17.7 Å². The van der Waals surface area contributed by atoms with Crippen molar-refractivity contribution in [2.24, 2.45) is 5.41 Å². The van der Waals surface area contributed by atoms with Crippen molar-refractivity contribution in [2.45, 2.75) is 45.1 Å². The highest BCUT2D eigenvalue weighted by atomic mass is 32.2. The molecule has 0 aliphatic rings. The Morgan fingerprint density at radius 2 is 1.65 bits per heavy atom. The minimum absolute atomic E-state index is 0.00687. The first kappa shape index (κ1) is 19.6. The second kappa shape index (κ2) is 6.98. The van der Waals surface area contributed by atoms with Gasteiger partial charge in [0.05, 0.1) is 18.1 Å². The van der Waals surface area contributed by atoms with Crippen molar-refractivity contribution in [3.8, 4) is 0 Å². The normalized spacial score (nSPS) is 15.0. The van der Waals surface area contributed by atoms with Gasteiger partial charge in [0.25, 0.3) is 10.1 Å². The van der Waals surface area contributed by atoms with Crippen LogP contribution in [-0.2, 0) is 23.8 Å². The van der Waals surface area contributed by atoms with Crippen LogP contribution in [-0.4, -0.2) is 38.3 Å². The van der Waals surface area contributed by atoms with E-state index in [9.17, 15) is 18.3 Å². The average Bonchev–Trinajstić information content (AvgIpc) is 2.43. The Labute approximate surface area is 137 Å². The molecule has 0 fully saturated rings. The highest BCUT2D eigenvalue weighted by Gasteiger charge is 2.39. The van der Waals surface area contributed by atoms with E-state index >= 15 is 0 Å². The highest BCUT2D eigenvalue weighted by molar-refractivity contribution is 7.86. The highest BCUT2D eigenvalue weighted by Crippen LogP contribution is 2.24. The molecule has 1 aromatic carbocycles. The van der Waals surface area contributed by atoms with Gasteiger partial charge >= 0.3 is 5.97 Å². The second-order valence-corrected chi connectivity index (χ2v) is 8.37. The van der Waals surface area contributed by atoms with E-state index in [1.807, 2.05) is 6.92 Å². The van der Waals surface area contributed by atoms with Gasteiger partial charge in [0.2, 0.25) is 0 Å². The lowest BCUT2D eigenvalue weighted by molar-refractivity contribution is -0.171. The van der Waals surface area contributed by atoms with Gasteiger partial charge in [-0.2, -0.15) is 8.42 Å². The summed E-state index contributed by atoms with van der Waals surface area (Å²) in [7, 11) is -4.02. The number of esters is 1. The van der Waals surface area contributed by atoms with Gasteiger partial charge in [-0.3, -0.25) is 8.98 Å². The third-order valence-corrected chi connectivity index (χ3v) is 4.36. The number of aryl methyl sites for hydroxylation is 1. The minimum Gasteiger partial charge on any atom is -0.459 e. The number of rotatable bonds is 6. The number of hydrogen-bond acceptors (Lipinski definition) is 6. The molecule has 1 aromatic rings. The number of carbonyl (C=O) groups excluding carboxylic acids is 1. The molecule has 1 N–H and O–H groups in total. The summed E-state index contributed by atoms with van der Waals surface area (Å²) in [6.45, 7) is 7.19. The molecule has 0 heterocycles. The van der Waals surface area contributed by atoms with Crippen molar-refractivity contribution in [3.05, 3.63) is 29.8 Å². The van der Waals surface area contributed by atoms with Crippen molar-refractivity contribution in [2.75, 3.05) is 13.2 Å². The van der Waals surface area contributed by atoms with Gasteiger partial charge in [0.15, 0.2) is 0 Å². The third-order valence-electron chi connectivity index (χ3n) is 3.08. The lowest BCUT2D eigenvalue weighted by atomic mass is 9.93. The van der Waals surface area contributed by atoms with Crippen LogP contribution in [0.5, 0.6) is 0 Å². The molecule has 0 aromatic heterocycles. The first-order chi connectivity index (χ1) is 10.4. The van der Waals surface area contributed by atoms with Gasteiger partial charge in [-0.05, 0) is 46.8 Å². The summed E-state index contributed by atoms with van der Waals surface area (Å²) in [6.07, 6.45) is 0. The van der Waals surface area contributed by atoms with Gasteiger partial charge in [0, 0.05) is 0 Å². The van der Waals surface area contributed by atoms with Crippen LogP contribution in [0.3, 0.4) is 0 Å². The Kier molecular flexibility index (Phi) is 5.95. The maximum atomic E-state index is 12.2. The van der Waals surface area contributed by atoms with Crippen LogP contribution in [0, 0.1) is 12.3 Å². The fourth-order valence-corrected chi connectivity index (χ4v) is 2.57. The van der Waals surface area contributed by atoms with E-state index in [-0.39, 0.29) is 4.90 Å². The molecule has 0 bridgehead atoms. The standard InChI is InChI=1S/C16H24O6S/c1-12-6-8-13(9-7-12)23(19,20)21-11-16(5,10-17)14(18)22-15(2,3)4/h6-9,17H,10-11H2,1-5H3. The van der Waals surface area contributed by atoms with Gasteiger partial charge in [-0.15, -0.1) is 0 Å². The predicted molar refractivity (Wildman–Crippen MR) is 85.4 cm³/mol. The minimum atomic E-state index is -4.02. The second-order valence-electron chi connectivity index (χ2n) is 6.75. The molecule has 0 amide bonds. The number of aliphatic hydroxyl groups is 1. The van der Waals surface area contributed by atoms with Crippen LogP contribution < -0.4 is 0 Å². The van der Waals surface area contributed by atoms with Crippen LogP contribution in [0.25, 0.3) is 0 Å². The summed E-state index contributed by atoms with van der Waals surface area (Å²) in [5.74, 6) is -0.716. The van der Waals surface area contributed by atoms with E-state index in [0.717, 1.165) is 5.56 Å².